The number of carbonyl (C=O) groups excluding carboxylic acids is 1. The van der Waals surface area contributed by atoms with Crippen molar-refractivity contribution in [2.45, 2.75) is 40.5 Å². The maximum atomic E-state index is 12.0. The molecule has 1 aromatic heterocycles. The number of hydrogen-bond donors (Lipinski definition) is 0. The Bertz CT molecular complexity index is 364. The second-order valence-electron chi connectivity index (χ2n) is 5.03. The Morgan fingerprint density at radius 1 is 1.33 bits per heavy atom. The lowest BCUT2D eigenvalue weighted by atomic mass is 9.89. The van der Waals surface area contributed by atoms with E-state index in [1.54, 1.807) is 12.3 Å². The Morgan fingerprint density at radius 2 is 1.93 bits per heavy atom. The highest BCUT2D eigenvalue weighted by Crippen LogP contribution is 2.20. The predicted octanol–water partition coefficient (Wildman–Crippen LogP) is 2.83. The summed E-state index contributed by atoms with van der Waals surface area (Å²) in [7, 11) is 0. The molecule has 0 fully saturated rings. The van der Waals surface area contributed by atoms with Gasteiger partial charge in [-0.2, -0.15) is 0 Å². The molecular weight excluding hydrogens is 188 g/mol. The van der Waals surface area contributed by atoms with Crippen LogP contribution in [0.1, 0.15) is 56.8 Å². The van der Waals surface area contributed by atoms with Gasteiger partial charge in [0.25, 0.3) is 0 Å². The number of nitrogens with zero attached hydrogens (tertiary/aromatic N) is 2. The van der Waals surface area contributed by atoms with Gasteiger partial charge in [0.1, 0.15) is 11.5 Å². The van der Waals surface area contributed by atoms with Crippen molar-refractivity contribution in [2.75, 3.05) is 0 Å². The Morgan fingerprint density at radius 3 is 2.40 bits per heavy atom. The number of Topliss-reactive ketones (excluding diaryl/α,β-unsaturated/α-hetero) is 1. The van der Waals surface area contributed by atoms with E-state index in [0.717, 1.165) is 5.82 Å². The number of aromatic nitrogens is 2. The van der Waals surface area contributed by atoms with E-state index >= 15 is 0 Å². The van der Waals surface area contributed by atoms with Crippen molar-refractivity contribution in [3.8, 4) is 0 Å². The van der Waals surface area contributed by atoms with Gasteiger partial charge in [0.05, 0.1) is 0 Å². The van der Waals surface area contributed by atoms with Crippen LogP contribution in [0.5, 0.6) is 0 Å². The van der Waals surface area contributed by atoms with Gasteiger partial charge in [0.15, 0.2) is 5.78 Å². The fourth-order valence-corrected chi connectivity index (χ4v) is 1.16. The zero-order chi connectivity index (χ0) is 11.6. The third-order valence-corrected chi connectivity index (χ3v) is 2.10. The Labute approximate surface area is 91.0 Å². The molecule has 0 aromatic carbocycles. The zero-order valence-corrected chi connectivity index (χ0v) is 10.0. The summed E-state index contributed by atoms with van der Waals surface area (Å²) in [6, 6.07) is 1.68. The summed E-state index contributed by atoms with van der Waals surface area (Å²) in [5, 5.41) is 0. The van der Waals surface area contributed by atoms with E-state index in [4.69, 9.17) is 0 Å². The summed E-state index contributed by atoms with van der Waals surface area (Å²) in [6.45, 7) is 9.72. The molecule has 0 aliphatic rings. The Balaban J connectivity index is 3.06. The van der Waals surface area contributed by atoms with E-state index in [0.29, 0.717) is 5.69 Å². The molecule has 82 valence electrons. The van der Waals surface area contributed by atoms with Gasteiger partial charge in [-0.25, -0.2) is 9.97 Å². The van der Waals surface area contributed by atoms with Crippen LogP contribution < -0.4 is 0 Å². The van der Waals surface area contributed by atoms with Crippen LogP contribution in [0.15, 0.2) is 12.3 Å². The first-order valence-corrected chi connectivity index (χ1v) is 5.20. The van der Waals surface area contributed by atoms with Gasteiger partial charge in [-0.15, -0.1) is 0 Å². The third kappa shape index (κ3) is 2.85. The van der Waals surface area contributed by atoms with Crippen molar-refractivity contribution in [2.24, 2.45) is 5.41 Å². The van der Waals surface area contributed by atoms with Crippen molar-refractivity contribution in [1.82, 2.24) is 9.97 Å². The maximum Gasteiger partial charge on any atom is 0.186 e. The highest BCUT2D eigenvalue weighted by Gasteiger charge is 2.24. The predicted molar refractivity (Wildman–Crippen MR) is 59.9 cm³/mol. The second-order valence-corrected chi connectivity index (χ2v) is 5.03. The van der Waals surface area contributed by atoms with E-state index in [2.05, 4.69) is 9.97 Å². The van der Waals surface area contributed by atoms with Gasteiger partial charge in [0.2, 0.25) is 0 Å². The standard InChI is InChI=1S/C12H18N2O/c1-8(2)11-13-7-6-9(14-11)10(15)12(3,4)5/h6-8H,1-5H3. The molecular formula is C12H18N2O. The number of hydrogen-bond acceptors (Lipinski definition) is 3. The van der Waals surface area contributed by atoms with Crippen LogP contribution in [-0.4, -0.2) is 15.8 Å². The van der Waals surface area contributed by atoms with Crippen molar-refractivity contribution < 1.29 is 4.79 Å². The molecule has 0 bridgehead atoms. The Hall–Kier alpha value is -1.25. The van der Waals surface area contributed by atoms with Crippen LogP contribution in [0.2, 0.25) is 0 Å². The van der Waals surface area contributed by atoms with Crippen LogP contribution in [0.4, 0.5) is 0 Å². The van der Waals surface area contributed by atoms with Gasteiger partial charge in [0, 0.05) is 17.5 Å². The molecule has 0 saturated heterocycles. The topological polar surface area (TPSA) is 42.9 Å². The minimum absolute atomic E-state index is 0.0619. The molecule has 1 rings (SSSR count). The van der Waals surface area contributed by atoms with Gasteiger partial charge in [-0.3, -0.25) is 4.79 Å². The third-order valence-electron chi connectivity index (χ3n) is 2.10. The van der Waals surface area contributed by atoms with Gasteiger partial charge < -0.3 is 0 Å². The first kappa shape index (κ1) is 11.8. The van der Waals surface area contributed by atoms with Gasteiger partial charge >= 0.3 is 0 Å². The quantitative estimate of drug-likeness (QED) is 0.699. The summed E-state index contributed by atoms with van der Waals surface area (Å²) in [6.07, 6.45) is 1.65. The molecule has 3 heteroatoms. The SMILES string of the molecule is CC(C)c1nccc(C(=O)C(C)(C)C)n1. The van der Waals surface area contributed by atoms with E-state index < -0.39 is 0 Å². The summed E-state index contributed by atoms with van der Waals surface area (Å²) in [4.78, 5) is 20.4. The molecule has 0 aliphatic carbocycles. The normalized spacial score (nSPS) is 11.9. The van der Waals surface area contributed by atoms with Crippen LogP contribution in [0.25, 0.3) is 0 Å². The molecule has 1 heterocycles. The van der Waals surface area contributed by atoms with Gasteiger partial charge in [-0.1, -0.05) is 34.6 Å². The highest BCUT2D eigenvalue weighted by molar-refractivity contribution is 5.98. The largest absolute Gasteiger partial charge is 0.292 e. The highest BCUT2D eigenvalue weighted by atomic mass is 16.1. The molecule has 3 nitrogen and oxygen atoms in total. The summed E-state index contributed by atoms with van der Waals surface area (Å²) >= 11 is 0. The van der Waals surface area contributed by atoms with Crippen LogP contribution in [-0.2, 0) is 0 Å². The average Bonchev–Trinajstić information content (AvgIpc) is 2.15. The number of rotatable bonds is 2. The lowest BCUT2D eigenvalue weighted by Crippen LogP contribution is -2.22. The van der Waals surface area contributed by atoms with Crippen molar-refractivity contribution in [3.63, 3.8) is 0 Å². The minimum atomic E-state index is -0.386. The molecule has 0 atom stereocenters. The second kappa shape index (κ2) is 4.09. The monoisotopic (exact) mass is 206 g/mol. The molecule has 0 saturated carbocycles. The fourth-order valence-electron chi connectivity index (χ4n) is 1.16. The van der Waals surface area contributed by atoms with Gasteiger partial charge in [-0.05, 0) is 6.07 Å². The summed E-state index contributed by atoms with van der Waals surface area (Å²) < 4.78 is 0. The molecule has 0 aliphatic heterocycles. The lowest BCUT2D eigenvalue weighted by Gasteiger charge is -2.16. The van der Waals surface area contributed by atoms with E-state index in [-0.39, 0.29) is 17.1 Å². The smallest absolute Gasteiger partial charge is 0.186 e. The molecule has 0 radical (unpaired) electrons. The molecule has 0 amide bonds. The Kier molecular flexibility index (Phi) is 3.22. The average molecular weight is 206 g/mol. The molecule has 1 aromatic rings. The van der Waals surface area contributed by atoms with Crippen LogP contribution in [0, 0.1) is 5.41 Å². The van der Waals surface area contributed by atoms with Crippen LogP contribution in [0.3, 0.4) is 0 Å². The summed E-state index contributed by atoms with van der Waals surface area (Å²) in [5.41, 5.74) is 0.129. The first-order valence-electron chi connectivity index (χ1n) is 5.20. The molecule has 0 unspecified atom stereocenters. The maximum absolute atomic E-state index is 12.0. The fraction of sp³-hybridized carbons (Fsp3) is 0.583. The van der Waals surface area contributed by atoms with E-state index in [1.807, 2.05) is 34.6 Å². The van der Waals surface area contributed by atoms with E-state index in [9.17, 15) is 4.79 Å². The number of ketones is 1. The zero-order valence-electron chi connectivity index (χ0n) is 10.0. The number of carbonyl (C=O) groups is 1. The van der Waals surface area contributed by atoms with E-state index in [1.165, 1.54) is 0 Å². The summed E-state index contributed by atoms with van der Waals surface area (Å²) in [5.74, 6) is 1.04. The van der Waals surface area contributed by atoms with Crippen molar-refractivity contribution >= 4 is 5.78 Å². The van der Waals surface area contributed by atoms with Crippen molar-refractivity contribution in [3.05, 3.63) is 23.8 Å². The van der Waals surface area contributed by atoms with Crippen LogP contribution >= 0.6 is 0 Å². The molecule has 15 heavy (non-hydrogen) atoms. The minimum Gasteiger partial charge on any atom is -0.292 e. The molecule has 0 spiro atoms. The molecule has 0 N–H and O–H groups in total. The lowest BCUT2D eigenvalue weighted by molar-refractivity contribution is 0.0852. The first-order chi connectivity index (χ1) is 6.82. The van der Waals surface area contributed by atoms with Crippen molar-refractivity contribution in [1.29, 1.82) is 0 Å².